The molecule has 1 aliphatic rings. The van der Waals surface area contributed by atoms with E-state index in [4.69, 9.17) is 5.73 Å². The summed E-state index contributed by atoms with van der Waals surface area (Å²) in [6, 6.07) is 0.181. The van der Waals surface area contributed by atoms with E-state index < -0.39 is 5.54 Å². The van der Waals surface area contributed by atoms with Gasteiger partial charge in [-0.15, -0.1) is 0 Å². The van der Waals surface area contributed by atoms with E-state index >= 15 is 0 Å². The molecule has 4 nitrogen and oxygen atoms in total. The number of hydrogen-bond donors (Lipinski definition) is 2. The van der Waals surface area contributed by atoms with E-state index in [1.165, 1.54) is 12.8 Å². The molecule has 0 aromatic carbocycles. The standard InChI is InChI=1S/C13H27N3O/c1-4-7-13(3,14)12(17)15-11(2)10-16-8-5-6-9-16/h11H,4-10,14H2,1-3H3,(H,15,17). The highest BCUT2D eigenvalue weighted by atomic mass is 16.2. The van der Waals surface area contributed by atoms with Crippen molar-refractivity contribution in [2.24, 2.45) is 5.73 Å². The summed E-state index contributed by atoms with van der Waals surface area (Å²) in [4.78, 5) is 14.4. The number of amides is 1. The van der Waals surface area contributed by atoms with Crippen LogP contribution in [-0.4, -0.2) is 42.0 Å². The van der Waals surface area contributed by atoms with Crippen LogP contribution in [0, 0.1) is 0 Å². The number of carbonyl (C=O) groups excluding carboxylic acids is 1. The van der Waals surface area contributed by atoms with E-state index in [9.17, 15) is 4.79 Å². The summed E-state index contributed by atoms with van der Waals surface area (Å²) in [6.45, 7) is 9.18. The Morgan fingerprint density at radius 2 is 2.06 bits per heavy atom. The number of rotatable bonds is 6. The molecular weight excluding hydrogens is 214 g/mol. The molecule has 3 N–H and O–H groups in total. The Kier molecular flexibility index (Phi) is 5.40. The molecular formula is C13H27N3O. The summed E-state index contributed by atoms with van der Waals surface area (Å²) in [6.07, 6.45) is 4.23. The van der Waals surface area contributed by atoms with Crippen molar-refractivity contribution in [3.05, 3.63) is 0 Å². The van der Waals surface area contributed by atoms with Gasteiger partial charge in [0.25, 0.3) is 0 Å². The monoisotopic (exact) mass is 241 g/mol. The SMILES string of the molecule is CCCC(C)(N)C(=O)NC(C)CN1CCCC1. The van der Waals surface area contributed by atoms with Crippen LogP contribution in [0.5, 0.6) is 0 Å². The molecule has 1 saturated heterocycles. The van der Waals surface area contributed by atoms with E-state index in [1.807, 2.05) is 13.8 Å². The number of carbonyl (C=O) groups is 1. The summed E-state index contributed by atoms with van der Waals surface area (Å²) in [5.41, 5.74) is 5.27. The number of nitrogens with one attached hydrogen (secondary N) is 1. The first-order valence-corrected chi connectivity index (χ1v) is 6.78. The fraction of sp³-hybridized carbons (Fsp3) is 0.923. The lowest BCUT2D eigenvalue weighted by atomic mass is 9.96. The minimum absolute atomic E-state index is 0.0222. The third-order valence-corrected chi connectivity index (χ3v) is 3.40. The van der Waals surface area contributed by atoms with Gasteiger partial charge in [-0.05, 0) is 46.2 Å². The van der Waals surface area contributed by atoms with Crippen molar-refractivity contribution in [1.82, 2.24) is 10.2 Å². The van der Waals surface area contributed by atoms with Crippen LogP contribution in [0.2, 0.25) is 0 Å². The van der Waals surface area contributed by atoms with Crippen LogP contribution in [0.4, 0.5) is 0 Å². The summed E-state index contributed by atoms with van der Waals surface area (Å²) >= 11 is 0. The van der Waals surface area contributed by atoms with Crippen LogP contribution in [0.25, 0.3) is 0 Å². The van der Waals surface area contributed by atoms with Gasteiger partial charge < -0.3 is 16.0 Å². The fourth-order valence-corrected chi connectivity index (χ4v) is 2.42. The van der Waals surface area contributed by atoms with Crippen molar-refractivity contribution < 1.29 is 4.79 Å². The first kappa shape index (κ1) is 14.5. The Balaban J connectivity index is 2.33. The summed E-state index contributed by atoms with van der Waals surface area (Å²) in [7, 11) is 0. The minimum Gasteiger partial charge on any atom is -0.351 e. The Bertz CT molecular complexity index is 247. The van der Waals surface area contributed by atoms with Crippen LogP contribution < -0.4 is 11.1 Å². The van der Waals surface area contributed by atoms with Crippen molar-refractivity contribution in [3.8, 4) is 0 Å². The Hall–Kier alpha value is -0.610. The van der Waals surface area contributed by atoms with Gasteiger partial charge in [-0.2, -0.15) is 0 Å². The van der Waals surface area contributed by atoms with Crippen molar-refractivity contribution in [1.29, 1.82) is 0 Å². The lowest BCUT2D eigenvalue weighted by Gasteiger charge is -2.27. The fourth-order valence-electron chi connectivity index (χ4n) is 2.42. The predicted octanol–water partition coefficient (Wildman–Crippen LogP) is 1.10. The molecule has 4 heteroatoms. The number of likely N-dealkylation sites (tertiary alicyclic amines) is 1. The van der Waals surface area contributed by atoms with Gasteiger partial charge in [0.1, 0.15) is 0 Å². The second-order valence-corrected chi connectivity index (χ2v) is 5.55. The van der Waals surface area contributed by atoms with Crippen molar-refractivity contribution >= 4 is 5.91 Å². The summed E-state index contributed by atoms with van der Waals surface area (Å²) in [5.74, 6) is -0.0222. The molecule has 0 aromatic heterocycles. The van der Waals surface area contributed by atoms with Crippen molar-refractivity contribution in [2.45, 2.75) is 58.0 Å². The lowest BCUT2D eigenvalue weighted by molar-refractivity contribution is -0.126. The van der Waals surface area contributed by atoms with Crippen molar-refractivity contribution in [3.63, 3.8) is 0 Å². The molecule has 0 radical (unpaired) electrons. The van der Waals surface area contributed by atoms with Gasteiger partial charge in [0.2, 0.25) is 5.91 Å². The zero-order valence-corrected chi connectivity index (χ0v) is 11.5. The first-order valence-electron chi connectivity index (χ1n) is 6.78. The van der Waals surface area contributed by atoms with E-state index in [0.29, 0.717) is 0 Å². The molecule has 17 heavy (non-hydrogen) atoms. The molecule has 1 fully saturated rings. The highest BCUT2D eigenvalue weighted by Gasteiger charge is 2.28. The second kappa shape index (κ2) is 6.36. The first-order chi connectivity index (χ1) is 7.95. The van der Waals surface area contributed by atoms with Gasteiger partial charge >= 0.3 is 0 Å². The normalized spacial score (nSPS) is 22.1. The zero-order valence-electron chi connectivity index (χ0n) is 11.5. The van der Waals surface area contributed by atoms with Gasteiger partial charge in [0.05, 0.1) is 5.54 Å². The molecule has 0 aromatic rings. The lowest BCUT2D eigenvalue weighted by Crippen LogP contribution is -2.55. The highest BCUT2D eigenvalue weighted by Crippen LogP contribution is 2.10. The summed E-state index contributed by atoms with van der Waals surface area (Å²) in [5, 5.41) is 3.03. The molecule has 0 aliphatic carbocycles. The molecule has 2 atom stereocenters. The van der Waals surface area contributed by atoms with E-state index in [1.54, 1.807) is 0 Å². The molecule has 0 saturated carbocycles. The van der Waals surface area contributed by atoms with Gasteiger partial charge in [-0.3, -0.25) is 4.79 Å². The molecule has 0 spiro atoms. The molecule has 1 amide bonds. The van der Waals surface area contributed by atoms with E-state index in [2.05, 4.69) is 17.1 Å². The summed E-state index contributed by atoms with van der Waals surface area (Å²) < 4.78 is 0. The van der Waals surface area contributed by atoms with Crippen LogP contribution in [-0.2, 0) is 4.79 Å². The van der Waals surface area contributed by atoms with Gasteiger partial charge in [0.15, 0.2) is 0 Å². The maximum Gasteiger partial charge on any atom is 0.240 e. The van der Waals surface area contributed by atoms with Gasteiger partial charge in [0, 0.05) is 12.6 Å². The quantitative estimate of drug-likeness (QED) is 0.732. The third-order valence-electron chi connectivity index (χ3n) is 3.40. The van der Waals surface area contributed by atoms with Crippen LogP contribution in [0.3, 0.4) is 0 Å². The van der Waals surface area contributed by atoms with Gasteiger partial charge in [-0.25, -0.2) is 0 Å². The van der Waals surface area contributed by atoms with E-state index in [-0.39, 0.29) is 11.9 Å². The smallest absolute Gasteiger partial charge is 0.240 e. The maximum atomic E-state index is 12.0. The Morgan fingerprint density at radius 3 is 2.59 bits per heavy atom. The molecule has 100 valence electrons. The average Bonchev–Trinajstić information content (AvgIpc) is 2.69. The highest BCUT2D eigenvalue weighted by molar-refractivity contribution is 5.85. The average molecular weight is 241 g/mol. The Morgan fingerprint density at radius 1 is 1.47 bits per heavy atom. The molecule has 1 heterocycles. The number of nitrogens with two attached hydrogens (primary N) is 1. The maximum absolute atomic E-state index is 12.0. The predicted molar refractivity (Wildman–Crippen MR) is 70.8 cm³/mol. The van der Waals surface area contributed by atoms with Crippen molar-refractivity contribution in [2.75, 3.05) is 19.6 Å². The largest absolute Gasteiger partial charge is 0.351 e. The number of hydrogen-bond acceptors (Lipinski definition) is 3. The molecule has 1 rings (SSSR count). The molecule has 2 unspecified atom stereocenters. The van der Waals surface area contributed by atoms with Crippen LogP contribution in [0.1, 0.15) is 46.5 Å². The minimum atomic E-state index is -0.728. The van der Waals surface area contributed by atoms with Crippen LogP contribution >= 0.6 is 0 Å². The van der Waals surface area contributed by atoms with Gasteiger partial charge in [-0.1, -0.05) is 13.3 Å². The third kappa shape index (κ3) is 4.64. The zero-order chi connectivity index (χ0) is 12.9. The topological polar surface area (TPSA) is 58.4 Å². The Labute approximate surface area is 105 Å². The number of nitrogens with zero attached hydrogens (tertiary/aromatic N) is 1. The molecule has 0 bridgehead atoms. The van der Waals surface area contributed by atoms with E-state index in [0.717, 1.165) is 32.5 Å². The molecule has 1 aliphatic heterocycles. The second-order valence-electron chi connectivity index (χ2n) is 5.55. The van der Waals surface area contributed by atoms with Crippen LogP contribution in [0.15, 0.2) is 0 Å².